The fourth-order valence-corrected chi connectivity index (χ4v) is 2.15. The molecule has 16 heavy (non-hydrogen) atoms. The molecule has 0 fully saturated rings. The molecule has 0 saturated carbocycles. The van der Waals surface area contributed by atoms with Crippen molar-refractivity contribution in [3.05, 3.63) is 34.3 Å². The number of rotatable bonds is 6. The molecule has 0 aliphatic carbocycles. The molecule has 6 heteroatoms. The van der Waals surface area contributed by atoms with Crippen LogP contribution in [0.3, 0.4) is 0 Å². The topological polar surface area (TPSA) is 44.5 Å². The maximum Gasteiger partial charge on any atom is 0.258 e. The van der Waals surface area contributed by atoms with Gasteiger partial charge in [0, 0.05) is 11.6 Å². The highest BCUT2D eigenvalue weighted by molar-refractivity contribution is 9.10. The van der Waals surface area contributed by atoms with Gasteiger partial charge in [-0.2, -0.15) is 0 Å². The Morgan fingerprint density at radius 2 is 2.00 bits per heavy atom. The Morgan fingerprint density at radius 3 is 2.56 bits per heavy atom. The minimum absolute atomic E-state index is 0.539. The van der Waals surface area contributed by atoms with Gasteiger partial charge in [0.2, 0.25) is 0 Å². The van der Waals surface area contributed by atoms with Gasteiger partial charge in [-0.15, -0.1) is 0 Å². The van der Waals surface area contributed by atoms with E-state index in [1.807, 2.05) is 12.1 Å². The SMILES string of the molecule is COP(N)(=S)OCCCc1ccc(Br)cc1. The molecule has 1 aromatic carbocycles. The summed E-state index contributed by atoms with van der Waals surface area (Å²) in [6.07, 6.45) is 1.84. The molecule has 1 atom stereocenters. The number of benzene rings is 1. The van der Waals surface area contributed by atoms with Crippen molar-refractivity contribution >= 4 is 34.4 Å². The van der Waals surface area contributed by atoms with Crippen molar-refractivity contribution in [1.29, 1.82) is 0 Å². The quantitative estimate of drug-likeness (QED) is 0.645. The maximum atomic E-state index is 5.59. The predicted molar refractivity (Wildman–Crippen MR) is 73.9 cm³/mol. The monoisotopic (exact) mass is 323 g/mol. The Kier molecular flexibility index (Phi) is 6.11. The Morgan fingerprint density at radius 1 is 1.38 bits per heavy atom. The second-order valence-electron chi connectivity index (χ2n) is 3.29. The van der Waals surface area contributed by atoms with Gasteiger partial charge in [-0.05, 0) is 42.3 Å². The summed E-state index contributed by atoms with van der Waals surface area (Å²) in [5.74, 6) is 0. The lowest BCUT2D eigenvalue weighted by molar-refractivity contribution is 0.277. The van der Waals surface area contributed by atoms with Crippen LogP contribution in [0.1, 0.15) is 12.0 Å². The fourth-order valence-electron chi connectivity index (χ4n) is 1.17. The van der Waals surface area contributed by atoms with Crippen LogP contribution in [0.5, 0.6) is 0 Å². The lowest BCUT2D eigenvalue weighted by Gasteiger charge is -2.13. The van der Waals surface area contributed by atoms with Crippen molar-refractivity contribution in [3.63, 3.8) is 0 Å². The van der Waals surface area contributed by atoms with Crippen LogP contribution in [0, 0.1) is 0 Å². The van der Waals surface area contributed by atoms with Crippen LogP contribution in [0.4, 0.5) is 0 Å². The largest absolute Gasteiger partial charge is 0.321 e. The predicted octanol–water partition coefficient (Wildman–Crippen LogP) is 3.23. The van der Waals surface area contributed by atoms with E-state index in [1.165, 1.54) is 12.7 Å². The Labute approximate surface area is 110 Å². The summed E-state index contributed by atoms with van der Waals surface area (Å²) in [7, 11) is 1.48. The Balaban J connectivity index is 2.26. The fraction of sp³-hybridized carbons (Fsp3) is 0.400. The molecule has 0 saturated heterocycles. The van der Waals surface area contributed by atoms with Crippen LogP contribution in [0.25, 0.3) is 0 Å². The molecule has 0 bridgehead atoms. The van der Waals surface area contributed by atoms with E-state index >= 15 is 0 Å². The number of hydrogen-bond donors (Lipinski definition) is 1. The molecule has 0 aromatic heterocycles. The van der Waals surface area contributed by atoms with Gasteiger partial charge in [0.05, 0.1) is 6.61 Å². The summed E-state index contributed by atoms with van der Waals surface area (Å²) in [4.78, 5) is 0. The van der Waals surface area contributed by atoms with Gasteiger partial charge in [0.25, 0.3) is 6.64 Å². The van der Waals surface area contributed by atoms with Crippen molar-refractivity contribution in [1.82, 2.24) is 0 Å². The molecule has 2 N–H and O–H groups in total. The molecule has 1 unspecified atom stereocenters. The van der Waals surface area contributed by atoms with Gasteiger partial charge in [0.1, 0.15) is 0 Å². The van der Waals surface area contributed by atoms with Gasteiger partial charge >= 0.3 is 0 Å². The van der Waals surface area contributed by atoms with E-state index in [9.17, 15) is 0 Å². The van der Waals surface area contributed by atoms with Crippen molar-refractivity contribution in [3.8, 4) is 0 Å². The van der Waals surface area contributed by atoms with Gasteiger partial charge in [0.15, 0.2) is 0 Å². The third kappa shape index (κ3) is 5.53. The lowest BCUT2D eigenvalue weighted by Crippen LogP contribution is -2.03. The molecule has 3 nitrogen and oxygen atoms in total. The van der Waals surface area contributed by atoms with E-state index in [-0.39, 0.29) is 0 Å². The summed E-state index contributed by atoms with van der Waals surface area (Å²) in [5, 5.41) is 0. The molecule has 0 spiro atoms. The first-order valence-electron chi connectivity index (χ1n) is 4.87. The van der Waals surface area contributed by atoms with E-state index < -0.39 is 6.64 Å². The number of aryl methyl sites for hydroxylation is 1. The minimum Gasteiger partial charge on any atom is -0.321 e. The second-order valence-corrected chi connectivity index (χ2v) is 7.43. The number of hydrogen-bond acceptors (Lipinski definition) is 3. The standard InChI is InChI=1S/C10H15BrNO2PS/c1-13-15(12,16)14-8-2-3-9-4-6-10(11)7-5-9/h4-7H,2-3,8H2,1H3,(H2,12,16). The summed E-state index contributed by atoms with van der Waals surface area (Å²) in [6, 6.07) is 8.22. The highest BCUT2D eigenvalue weighted by atomic mass is 79.9. The zero-order valence-corrected chi connectivity index (χ0v) is 12.4. The van der Waals surface area contributed by atoms with Crippen LogP contribution < -0.4 is 5.50 Å². The molecular formula is C10H15BrNO2PS. The van der Waals surface area contributed by atoms with Crippen molar-refractivity contribution in [2.45, 2.75) is 12.8 Å². The number of nitrogens with two attached hydrogens (primary N) is 1. The molecule has 0 aliphatic heterocycles. The van der Waals surface area contributed by atoms with E-state index in [0.29, 0.717) is 6.61 Å². The summed E-state index contributed by atoms with van der Waals surface area (Å²) < 4.78 is 11.3. The second kappa shape index (κ2) is 6.84. The Hall–Kier alpha value is 0.230. The van der Waals surface area contributed by atoms with E-state index in [4.69, 9.17) is 26.4 Å². The molecule has 0 heterocycles. The molecular weight excluding hydrogens is 309 g/mol. The molecule has 90 valence electrons. The minimum atomic E-state index is -2.48. The van der Waals surface area contributed by atoms with Crippen LogP contribution in [0.15, 0.2) is 28.7 Å². The Bertz CT molecular complexity index is 372. The maximum absolute atomic E-state index is 5.59. The van der Waals surface area contributed by atoms with Gasteiger partial charge < -0.3 is 9.05 Å². The van der Waals surface area contributed by atoms with Crippen LogP contribution in [0.2, 0.25) is 0 Å². The molecule has 0 aliphatic rings. The van der Waals surface area contributed by atoms with Gasteiger partial charge in [-0.3, -0.25) is 5.50 Å². The zero-order chi connectivity index (χ0) is 12.0. The normalized spacial score (nSPS) is 14.7. The summed E-state index contributed by atoms with van der Waals surface area (Å²) >= 11 is 8.33. The average Bonchev–Trinajstić information content (AvgIpc) is 2.27. The third-order valence-corrected chi connectivity index (χ3v) is 4.39. The van der Waals surface area contributed by atoms with E-state index in [2.05, 4.69) is 28.1 Å². The summed E-state index contributed by atoms with van der Waals surface area (Å²) in [6.45, 7) is -1.94. The summed E-state index contributed by atoms with van der Waals surface area (Å²) in [5.41, 5.74) is 6.86. The highest BCUT2D eigenvalue weighted by Gasteiger charge is 2.08. The molecule has 0 amide bonds. The molecule has 1 rings (SSSR count). The molecule has 0 radical (unpaired) electrons. The smallest absolute Gasteiger partial charge is 0.258 e. The first-order valence-corrected chi connectivity index (χ1v) is 8.37. The van der Waals surface area contributed by atoms with E-state index in [1.54, 1.807) is 0 Å². The molecule has 1 aromatic rings. The average molecular weight is 324 g/mol. The van der Waals surface area contributed by atoms with Crippen molar-refractivity contribution in [2.75, 3.05) is 13.7 Å². The highest BCUT2D eigenvalue weighted by Crippen LogP contribution is 2.38. The first kappa shape index (κ1) is 14.3. The third-order valence-electron chi connectivity index (χ3n) is 2.05. The van der Waals surface area contributed by atoms with Gasteiger partial charge in [-0.25, -0.2) is 0 Å². The van der Waals surface area contributed by atoms with Crippen molar-refractivity contribution < 1.29 is 9.05 Å². The van der Waals surface area contributed by atoms with Gasteiger partial charge in [-0.1, -0.05) is 28.1 Å². The lowest BCUT2D eigenvalue weighted by atomic mass is 10.1. The van der Waals surface area contributed by atoms with Crippen molar-refractivity contribution in [2.24, 2.45) is 5.50 Å². The van der Waals surface area contributed by atoms with Crippen LogP contribution in [-0.2, 0) is 27.3 Å². The zero-order valence-electron chi connectivity index (χ0n) is 9.06. The van der Waals surface area contributed by atoms with Crippen LogP contribution >= 0.6 is 22.6 Å². The van der Waals surface area contributed by atoms with E-state index in [0.717, 1.165) is 17.3 Å². The first-order chi connectivity index (χ1) is 7.53. The van der Waals surface area contributed by atoms with Crippen LogP contribution in [-0.4, -0.2) is 13.7 Å². The number of halogens is 1.